The standard InChI is InChI=1S/C19H16F2N2O2/c20-14-7-2-8-15(21)17(14)19(24)23-11-4-12-25-16-9-1-5-13-6-3-10-22-18(13)16/h1-3,5-10H,4,11-12H2,(H,23,24). The number of benzene rings is 2. The van der Waals surface area contributed by atoms with Crippen molar-refractivity contribution < 1.29 is 18.3 Å². The van der Waals surface area contributed by atoms with Gasteiger partial charge in [0.1, 0.15) is 28.5 Å². The van der Waals surface area contributed by atoms with Crippen molar-refractivity contribution in [1.29, 1.82) is 0 Å². The van der Waals surface area contributed by atoms with Crippen molar-refractivity contribution in [3.63, 3.8) is 0 Å². The van der Waals surface area contributed by atoms with Crippen LogP contribution in [0.4, 0.5) is 8.78 Å². The molecule has 3 aromatic rings. The number of halogens is 2. The minimum atomic E-state index is -0.879. The highest BCUT2D eigenvalue weighted by Crippen LogP contribution is 2.22. The van der Waals surface area contributed by atoms with Crippen molar-refractivity contribution in [3.8, 4) is 5.75 Å². The van der Waals surface area contributed by atoms with Crippen LogP contribution in [0.5, 0.6) is 5.75 Å². The third kappa shape index (κ3) is 3.91. The fourth-order valence-corrected chi connectivity index (χ4v) is 2.45. The van der Waals surface area contributed by atoms with Gasteiger partial charge in [-0.1, -0.05) is 24.3 Å². The number of pyridine rings is 1. The highest BCUT2D eigenvalue weighted by molar-refractivity contribution is 5.94. The molecule has 0 fully saturated rings. The van der Waals surface area contributed by atoms with Crippen molar-refractivity contribution in [2.24, 2.45) is 0 Å². The zero-order chi connectivity index (χ0) is 17.6. The number of para-hydroxylation sites is 1. The van der Waals surface area contributed by atoms with E-state index in [9.17, 15) is 13.6 Å². The molecule has 1 aromatic heterocycles. The molecule has 1 heterocycles. The zero-order valence-electron chi connectivity index (χ0n) is 13.3. The summed E-state index contributed by atoms with van der Waals surface area (Å²) in [5.41, 5.74) is 0.198. The van der Waals surface area contributed by atoms with Gasteiger partial charge in [0.25, 0.3) is 5.91 Å². The highest BCUT2D eigenvalue weighted by Gasteiger charge is 2.16. The monoisotopic (exact) mass is 342 g/mol. The molecule has 0 aliphatic heterocycles. The van der Waals surface area contributed by atoms with E-state index in [1.807, 2.05) is 30.3 Å². The number of carbonyl (C=O) groups excluding carboxylic acids is 1. The second-order valence-electron chi connectivity index (χ2n) is 5.39. The summed E-state index contributed by atoms with van der Waals surface area (Å²) in [6, 6.07) is 12.8. The first-order valence-corrected chi connectivity index (χ1v) is 7.85. The molecular formula is C19H16F2N2O2. The lowest BCUT2D eigenvalue weighted by Gasteiger charge is -2.10. The van der Waals surface area contributed by atoms with Gasteiger partial charge in [-0.3, -0.25) is 9.78 Å². The predicted molar refractivity (Wildman–Crippen MR) is 90.5 cm³/mol. The second kappa shape index (κ2) is 7.70. The number of fused-ring (bicyclic) bond motifs is 1. The molecule has 4 nitrogen and oxygen atoms in total. The number of hydrogen-bond acceptors (Lipinski definition) is 3. The number of amides is 1. The van der Waals surface area contributed by atoms with Gasteiger partial charge in [-0.05, 0) is 30.7 Å². The number of carbonyl (C=O) groups is 1. The van der Waals surface area contributed by atoms with Crippen molar-refractivity contribution >= 4 is 16.8 Å². The third-order valence-corrected chi connectivity index (χ3v) is 3.65. The number of ether oxygens (including phenoxy) is 1. The van der Waals surface area contributed by atoms with Gasteiger partial charge in [0.2, 0.25) is 0 Å². The molecule has 0 aliphatic rings. The molecule has 128 valence electrons. The van der Waals surface area contributed by atoms with Crippen LogP contribution in [0, 0.1) is 11.6 Å². The molecule has 0 aliphatic carbocycles. The van der Waals surface area contributed by atoms with Crippen LogP contribution in [-0.4, -0.2) is 24.0 Å². The molecule has 0 bridgehead atoms. The first-order chi connectivity index (χ1) is 12.2. The molecular weight excluding hydrogens is 326 g/mol. The summed E-state index contributed by atoms with van der Waals surface area (Å²) < 4.78 is 32.7. The maximum Gasteiger partial charge on any atom is 0.257 e. The van der Waals surface area contributed by atoms with Crippen LogP contribution >= 0.6 is 0 Å². The van der Waals surface area contributed by atoms with E-state index in [0.717, 1.165) is 23.0 Å². The maximum absolute atomic E-state index is 13.5. The van der Waals surface area contributed by atoms with E-state index in [2.05, 4.69) is 10.3 Å². The summed E-state index contributed by atoms with van der Waals surface area (Å²) in [5.74, 6) is -1.88. The van der Waals surface area contributed by atoms with E-state index in [-0.39, 0.29) is 6.54 Å². The highest BCUT2D eigenvalue weighted by atomic mass is 19.1. The molecule has 1 amide bonds. The summed E-state index contributed by atoms with van der Waals surface area (Å²) in [6.45, 7) is 0.584. The molecule has 0 saturated carbocycles. The summed E-state index contributed by atoms with van der Waals surface area (Å²) in [6.07, 6.45) is 2.18. The van der Waals surface area contributed by atoms with Gasteiger partial charge in [0.05, 0.1) is 6.61 Å². The summed E-state index contributed by atoms with van der Waals surface area (Å²) in [7, 11) is 0. The van der Waals surface area contributed by atoms with E-state index in [1.54, 1.807) is 6.20 Å². The van der Waals surface area contributed by atoms with Gasteiger partial charge in [0, 0.05) is 18.1 Å². The van der Waals surface area contributed by atoms with E-state index >= 15 is 0 Å². The Kier molecular flexibility index (Phi) is 5.18. The van der Waals surface area contributed by atoms with Crippen molar-refractivity contribution in [1.82, 2.24) is 10.3 Å². The number of nitrogens with zero attached hydrogens (tertiary/aromatic N) is 1. The van der Waals surface area contributed by atoms with Crippen LogP contribution in [0.2, 0.25) is 0 Å². The average molecular weight is 342 g/mol. The van der Waals surface area contributed by atoms with Crippen LogP contribution in [0.15, 0.2) is 54.7 Å². The van der Waals surface area contributed by atoms with Crippen LogP contribution < -0.4 is 10.1 Å². The van der Waals surface area contributed by atoms with Gasteiger partial charge < -0.3 is 10.1 Å². The molecule has 0 radical (unpaired) electrons. The Morgan fingerprint density at radius 2 is 1.76 bits per heavy atom. The number of rotatable bonds is 6. The normalized spacial score (nSPS) is 10.6. The maximum atomic E-state index is 13.5. The van der Waals surface area contributed by atoms with Crippen molar-refractivity contribution in [3.05, 3.63) is 71.9 Å². The fraction of sp³-hybridized carbons (Fsp3) is 0.158. The van der Waals surface area contributed by atoms with Crippen LogP contribution in [-0.2, 0) is 0 Å². The topological polar surface area (TPSA) is 51.2 Å². The van der Waals surface area contributed by atoms with Crippen molar-refractivity contribution in [2.45, 2.75) is 6.42 Å². The van der Waals surface area contributed by atoms with Crippen LogP contribution in [0.25, 0.3) is 10.9 Å². The second-order valence-corrected chi connectivity index (χ2v) is 5.39. The molecule has 1 N–H and O–H groups in total. The lowest BCUT2D eigenvalue weighted by Crippen LogP contribution is -2.27. The molecule has 2 aromatic carbocycles. The first kappa shape index (κ1) is 16.8. The minimum absolute atomic E-state index is 0.241. The molecule has 6 heteroatoms. The SMILES string of the molecule is O=C(NCCCOc1cccc2cccnc12)c1c(F)cccc1F. The molecule has 3 rings (SSSR count). The lowest BCUT2D eigenvalue weighted by molar-refractivity contribution is 0.0943. The lowest BCUT2D eigenvalue weighted by atomic mass is 10.2. The van der Waals surface area contributed by atoms with E-state index in [0.29, 0.717) is 18.8 Å². The van der Waals surface area contributed by atoms with Crippen molar-refractivity contribution in [2.75, 3.05) is 13.2 Å². The van der Waals surface area contributed by atoms with Gasteiger partial charge >= 0.3 is 0 Å². The van der Waals surface area contributed by atoms with E-state index < -0.39 is 23.1 Å². The molecule has 0 unspecified atom stereocenters. The van der Waals surface area contributed by atoms with E-state index in [4.69, 9.17) is 4.74 Å². The molecule has 25 heavy (non-hydrogen) atoms. The molecule has 0 saturated heterocycles. The Morgan fingerprint density at radius 3 is 2.56 bits per heavy atom. The van der Waals surface area contributed by atoms with Gasteiger partial charge in [-0.2, -0.15) is 0 Å². The molecule has 0 spiro atoms. The Bertz CT molecular complexity index is 874. The molecule has 0 atom stereocenters. The minimum Gasteiger partial charge on any atom is -0.491 e. The smallest absolute Gasteiger partial charge is 0.257 e. The van der Waals surface area contributed by atoms with Gasteiger partial charge in [0.15, 0.2) is 0 Å². The summed E-state index contributed by atoms with van der Waals surface area (Å²) in [4.78, 5) is 16.1. The van der Waals surface area contributed by atoms with Gasteiger partial charge in [-0.15, -0.1) is 0 Å². The Hall–Kier alpha value is -3.02. The van der Waals surface area contributed by atoms with Gasteiger partial charge in [-0.25, -0.2) is 8.78 Å². The number of hydrogen-bond donors (Lipinski definition) is 1. The third-order valence-electron chi connectivity index (χ3n) is 3.65. The Labute approximate surface area is 143 Å². The largest absolute Gasteiger partial charge is 0.491 e. The zero-order valence-corrected chi connectivity index (χ0v) is 13.3. The average Bonchev–Trinajstić information content (AvgIpc) is 2.61. The predicted octanol–water partition coefficient (Wildman–Crippen LogP) is 3.71. The quantitative estimate of drug-likeness (QED) is 0.695. The Balaban J connectivity index is 1.51. The number of aromatic nitrogens is 1. The fourth-order valence-electron chi connectivity index (χ4n) is 2.45. The van der Waals surface area contributed by atoms with E-state index in [1.165, 1.54) is 6.07 Å². The first-order valence-electron chi connectivity index (χ1n) is 7.85. The Morgan fingerprint density at radius 1 is 1.04 bits per heavy atom. The number of nitrogens with one attached hydrogen (secondary N) is 1. The van der Waals surface area contributed by atoms with Crippen LogP contribution in [0.3, 0.4) is 0 Å². The summed E-state index contributed by atoms with van der Waals surface area (Å²) in [5, 5.41) is 3.46. The van der Waals surface area contributed by atoms with Crippen LogP contribution in [0.1, 0.15) is 16.8 Å². The summed E-state index contributed by atoms with van der Waals surface area (Å²) >= 11 is 0.